The summed E-state index contributed by atoms with van der Waals surface area (Å²) in [6.45, 7) is -0.573. The molecule has 0 spiro atoms. The lowest BCUT2D eigenvalue weighted by Crippen LogP contribution is -2.44. The molecule has 7 nitrogen and oxygen atoms in total. The van der Waals surface area contributed by atoms with Gasteiger partial charge in [0.05, 0.1) is 17.6 Å². The van der Waals surface area contributed by atoms with Crippen molar-refractivity contribution in [3.8, 4) is 0 Å². The molecule has 24 heavy (non-hydrogen) atoms. The molecule has 0 bridgehead atoms. The van der Waals surface area contributed by atoms with Gasteiger partial charge in [-0.05, 0) is 24.3 Å². The van der Waals surface area contributed by atoms with Crippen LogP contribution in [0.1, 0.15) is 0 Å². The molecule has 0 saturated carbocycles. The number of aromatic nitrogens is 1. The van der Waals surface area contributed by atoms with Crippen LogP contribution in [0.25, 0.3) is 0 Å². The van der Waals surface area contributed by atoms with Gasteiger partial charge in [0.25, 0.3) is 0 Å². The smallest absolute Gasteiger partial charge is 0.304 e. The number of para-hydroxylation sites is 1. The van der Waals surface area contributed by atoms with E-state index in [1.54, 1.807) is 12.1 Å². The Bertz CT molecular complexity index is 812. The lowest BCUT2D eigenvalue weighted by Gasteiger charge is -2.27. The van der Waals surface area contributed by atoms with E-state index in [4.69, 9.17) is 0 Å². The van der Waals surface area contributed by atoms with E-state index < -0.39 is 28.5 Å². The highest BCUT2D eigenvalue weighted by atomic mass is 32.2. The Hall–Kier alpha value is -2.52. The second kappa shape index (κ2) is 7.37. The second-order valence-electron chi connectivity index (χ2n) is 5.04. The minimum Gasteiger partial charge on any atom is -0.323 e. The third-order valence-corrected chi connectivity index (χ3v) is 4.90. The molecule has 0 radical (unpaired) electrons. The minimum atomic E-state index is -4.05. The monoisotopic (exact) mass is 352 g/mol. The summed E-state index contributed by atoms with van der Waals surface area (Å²) >= 11 is 0. The number of hydrogen-bond acceptors (Lipinski definition) is 4. The largest absolute Gasteiger partial charge is 0.323 e. The SMILES string of the molecule is CN(C)S(=O)(=O)N(CC(=O)Nc1cccnc1)c1ccccc1F. The molecular weight excluding hydrogens is 335 g/mol. The number of halogens is 1. The third-order valence-electron chi connectivity index (χ3n) is 3.09. The first kappa shape index (κ1) is 17.8. The molecule has 0 atom stereocenters. The maximum atomic E-state index is 14.0. The average molecular weight is 352 g/mol. The van der Waals surface area contributed by atoms with Gasteiger partial charge in [-0.25, -0.2) is 8.70 Å². The van der Waals surface area contributed by atoms with Gasteiger partial charge in [0.15, 0.2) is 0 Å². The molecule has 2 rings (SSSR count). The fourth-order valence-corrected chi connectivity index (χ4v) is 2.98. The summed E-state index contributed by atoms with van der Waals surface area (Å²) in [6.07, 6.45) is 2.96. The Morgan fingerprint density at radius 1 is 1.21 bits per heavy atom. The molecule has 0 aliphatic heterocycles. The minimum absolute atomic E-state index is 0.201. The van der Waals surface area contributed by atoms with E-state index in [1.807, 2.05) is 0 Å². The zero-order valence-electron chi connectivity index (χ0n) is 13.2. The highest BCUT2D eigenvalue weighted by Gasteiger charge is 2.29. The van der Waals surface area contributed by atoms with E-state index in [2.05, 4.69) is 10.3 Å². The van der Waals surface area contributed by atoms with Gasteiger partial charge in [-0.3, -0.25) is 9.78 Å². The van der Waals surface area contributed by atoms with Crippen LogP contribution in [0.15, 0.2) is 48.8 Å². The van der Waals surface area contributed by atoms with E-state index >= 15 is 0 Å². The Kier molecular flexibility index (Phi) is 5.47. The van der Waals surface area contributed by atoms with Crippen molar-refractivity contribution >= 4 is 27.5 Å². The number of nitrogens with zero attached hydrogens (tertiary/aromatic N) is 3. The summed E-state index contributed by atoms with van der Waals surface area (Å²) in [5.41, 5.74) is 0.214. The Morgan fingerprint density at radius 3 is 2.50 bits per heavy atom. The maximum Gasteiger partial charge on any atom is 0.304 e. The molecule has 1 N–H and O–H groups in total. The topological polar surface area (TPSA) is 82.6 Å². The fourth-order valence-electron chi connectivity index (χ4n) is 1.91. The number of carbonyl (C=O) groups excluding carboxylic acids is 1. The predicted octanol–water partition coefficient (Wildman–Crippen LogP) is 1.47. The van der Waals surface area contributed by atoms with Crippen LogP contribution in [0.4, 0.5) is 15.8 Å². The standard InChI is InChI=1S/C15H17FN4O3S/c1-19(2)24(22,23)20(14-8-4-3-7-13(14)16)11-15(21)18-12-6-5-9-17-10-12/h3-10H,11H2,1-2H3,(H,18,21). The maximum absolute atomic E-state index is 14.0. The molecule has 0 saturated heterocycles. The van der Waals surface area contributed by atoms with Gasteiger partial charge in [0.2, 0.25) is 5.91 Å². The summed E-state index contributed by atoms with van der Waals surface area (Å²) in [5, 5.41) is 2.52. The zero-order valence-corrected chi connectivity index (χ0v) is 14.0. The number of anilines is 2. The van der Waals surface area contributed by atoms with Crippen LogP contribution in [0.2, 0.25) is 0 Å². The van der Waals surface area contributed by atoms with Crippen LogP contribution in [-0.2, 0) is 15.0 Å². The van der Waals surface area contributed by atoms with E-state index in [1.165, 1.54) is 44.7 Å². The molecule has 1 amide bonds. The van der Waals surface area contributed by atoms with Crippen molar-refractivity contribution in [2.45, 2.75) is 0 Å². The van der Waals surface area contributed by atoms with Crippen molar-refractivity contribution in [3.63, 3.8) is 0 Å². The van der Waals surface area contributed by atoms with Crippen molar-refractivity contribution in [1.29, 1.82) is 0 Å². The molecule has 0 aliphatic rings. The van der Waals surface area contributed by atoms with Crippen molar-refractivity contribution in [3.05, 3.63) is 54.6 Å². The van der Waals surface area contributed by atoms with E-state index in [0.29, 0.717) is 9.99 Å². The summed E-state index contributed by atoms with van der Waals surface area (Å²) in [5.74, 6) is -1.35. The summed E-state index contributed by atoms with van der Waals surface area (Å²) in [4.78, 5) is 16.0. The van der Waals surface area contributed by atoms with Crippen LogP contribution in [0.5, 0.6) is 0 Å². The zero-order chi connectivity index (χ0) is 17.7. The number of hydrogen-bond donors (Lipinski definition) is 1. The first-order valence-electron chi connectivity index (χ1n) is 6.97. The van der Waals surface area contributed by atoms with Crippen LogP contribution >= 0.6 is 0 Å². The first-order valence-corrected chi connectivity index (χ1v) is 8.36. The van der Waals surface area contributed by atoms with Crippen molar-refractivity contribution in [2.75, 3.05) is 30.3 Å². The summed E-state index contributed by atoms with van der Waals surface area (Å²) in [7, 11) is -1.44. The van der Waals surface area contributed by atoms with Crippen LogP contribution in [0, 0.1) is 5.82 Å². The fraction of sp³-hybridized carbons (Fsp3) is 0.200. The van der Waals surface area contributed by atoms with Gasteiger partial charge in [-0.2, -0.15) is 12.7 Å². The van der Waals surface area contributed by atoms with Crippen LogP contribution in [0.3, 0.4) is 0 Å². The van der Waals surface area contributed by atoms with E-state index in [-0.39, 0.29) is 5.69 Å². The quantitative estimate of drug-likeness (QED) is 0.853. The molecule has 1 aromatic carbocycles. The van der Waals surface area contributed by atoms with Gasteiger partial charge in [0.1, 0.15) is 12.4 Å². The molecular formula is C15H17FN4O3S. The van der Waals surface area contributed by atoms with Gasteiger partial charge >= 0.3 is 10.2 Å². The van der Waals surface area contributed by atoms with Gasteiger partial charge in [-0.1, -0.05) is 12.1 Å². The van der Waals surface area contributed by atoms with Crippen molar-refractivity contribution in [2.24, 2.45) is 0 Å². The van der Waals surface area contributed by atoms with Crippen LogP contribution < -0.4 is 9.62 Å². The van der Waals surface area contributed by atoms with Crippen LogP contribution in [-0.4, -0.2) is 44.3 Å². The molecule has 0 aliphatic carbocycles. The highest BCUT2D eigenvalue weighted by molar-refractivity contribution is 7.90. The number of benzene rings is 1. The lowest BCUT2D eigenvalue weighted by atomic mass is 10.3. The number of amides is 1. The average Bonchev–Trinajstić information content (AvgIpc) is 2.54. The van der Waals surface area contributed by atoms with Gasteiger partial charge in [-0.15, -0.1) is 0 Å². The molecule has 1 aromatic heterocycles. The third kappa shape index (κ3) is 4.06. The Labute approximate surface area is 139 Å². The molecule has 2 aromatic rings. The van der Waals surface area contributed by atoms with Gasteiger partial charge < -0.3 is 5.32 Å². The summed E-state index contributed by atoms with van der Waals surface area (Å²) < 4.78 is 40.6. The molecule has 128 valence electrons. The predicted molar refractivity (Wildman–Crippen MR) is 89.2 cm³/mol. The van der Waals surface area contributed by atoms with Crippen molar-refractivity contribution in [1.82, 2.24) is 9.29 Å². The second-order valence-corrected chi connectivity index (χ2v) is 7.10. The van der Waals surface area contributed by atoms with Gasteiger partial charge in [0, 0.05) is 20.3 Å². The molecule has 0 fully saturated rings. The normalized spacial score (nSPS) is 11.3. The number of carbonyl (C=O) groups is 1. The van der Waals surface area contributed by atoms with Crippen molar-refractivity contribution < 1.29 is 17.6 Å². The first-order chi connectivity index (χ1) is 11.3. The Morgan fingerprint density at radius 2 is 1.92 bits per heavy atom. The summed E-state index contributed by atoms with van der Waals surface area (Å²) in [6, 6.07) is 8.60. The number of pyridine rings is 1. The number of nitrogens with one attached hydrogen (secondary N) is 1. The lowest BCUT2D eigenvalue weighted by molar-refractivity contribution is -0.114. The molecule has 9 heteroatoms. The molecule has 0 unspecified atom stereocenters. The van der Waals surface area contributed by atoms with E-state index in [9.17, 15) is 17.6 Å². The Balaban J connectivity index is 2.30. The highest BCUT2D eigenvalue weighted by Crippen LogP contribution is 2.22. The molecule has 1 heterocycles. The number of rotatable bonds is 6. The van der Waals surface area contributed by atoms with E-state index in [0.717, 1.165) is 10.4 Å².